The molecule has 0 spiro atoms. The van der Waals surface area contributed by atoms with Gasteiger partial charge >= 0.3 is 7.60 Å². The molecule has 27 heavy (non-hydrogen) atoms. The molecule has 0 N–H and O–H groups in total. The van der Waals surface area contributed by atoms with E-state index < -0.39 is 24.8 Å². The number of hydrogen-bond donors (Lipinski definition) is 0. The van der Waals surface area contributed by atoms with Crippen molar-refractivity contribution in [3.05, 3.63) is 69.2 Å². The molecule has 2 rings (SSSR count). The van der Waals surface area contributed by atoms with Crippen LogP contribution in [0.25, 0.3) is 0 Å². The molecule has 0 aliphatic heterocycles. The fourth-order valence-corrected chi connectivity index (χ4v) is 5.24. The molecule has 2 aromatic carbocycles. The Morgan fingerprint density at radius 2 is 1.59 bits per heavy atom. The summed E-state index contributed by atoms with van der Waals surface area (Å²) in [5.74, 6) is 1.42. The smallest absolute Gasteiger partial charge is 0.399 e. The van der Waals surface area contributed by atoms with Gasteiger partial charge in [0.2, 0.25) is 0 Å². The minimum absolute atomic E-state index is 0.00161. The highest BCUT2D eigenvalue weighted by atomic mass is 79.9. The highest BCUT2D eigenvalue weighted by Crippen LogP contribution is 2.53. The Morgan fingerprint density at radius 1 is 1.04 bits per heavy atom. The van der Waals surface area contributed by atoms with Gasteiger partial charge < -0.3 is 4.55 Å². The van der Waals surface area contributed by atoms with Crippen LogP contribution in [-0.2, 0) is 48.5 Å². The molecular weight excluding hydrogens is 485 g/mol. The van der Waals surface area contributed by atoms with Gasteiger partial charge in [0.25, 0.3) is 0 Å². The van der Waals surface area contributed by atoms with Gasteiger partial charge in [-0.2, -0.15) is 11.8 Å². The summed E-state index contributed by atoms with van der Waals surface area (Å²) in [5, 5.41) is 0. The van der Waals surface area contributed by atoms with Crippen LogP contribution in [0, 0.1) is 0 Å². The third-order valence-corrected chi connectivity index (χ3v) is 7.07. The van der Waals surface area contributed by atoms with Crippen molar-refractivity contribution < 1.29 is 31.8 Å². The molecule has 0 saturated heterocycles. The maximum atomic E-state index is 12.2. The summed E-state index contributed by atoms with van der Waals surface area (Å²) in [6.07, 6.45) is -0.533. The Hall–Kier alpha value is -0.610. The Balaban J connectivity index is 1.90. The highest BCUT2D eigenvalue weighted by molar-refractivity contribution is 9.10. The third kappa shape index (κ3) is 7.38. The van der Waals surface area contributed by atoms with Crippen LogP contribution in [0.5, 0.6) is 0 Å². The molecule has 0 bridgehead atoms. The van der Waals surface area contributed by atoms with E-state index in [9.17, 15) is 22.4 Å². The number of thioether (sulfide) groups is 1. The summed E-state index contributed by atoms with van der Waals surface area (Å²) < 4.78 is 64.0. The fraction of sp³-hybridized carbons (Fsp3) is 0.250. The van der Waals surface area contributed by atoms with Gasteiger partial charge in [-0.3, -0.25) is 8.77 Å². The van der Waals surface area contributed by atoms with Crippen LogP contribution in [0.2, 0.25) is 0 Å². The van der Waals surface area contributed by atoms with Crippen molar-refractivity contribution in [3.63, 3.8) is 0 Å². The second-order valence-corrected chi connectivity index (χ2v) is 10.1. The zero-order chi connectivity index (χ0) is 19.9. The first-order valence-electron chi connectivity index (χ1n) is 7.53. The average Bonchev–Trinajstić information content (AvgIpc) is 2.65. The van der Waals surface area contributed by atoms with Gasteiger partial charge in [-0.05, 0) is 37.4 Å². The summed E-state index contributed by atoms with van der Waals surface area (Å²) in [5.41, 5.74) is 3.17. The van der Waals surface area contributed by atoms with Crippen LogP contribution in [0.4, 0.5) is 9.05 Å². The lowest BCUT2D eigenvalue weighted by Crippen LogP contribution is -1.94. The van der Waals surface area contributed by atoms with E-state index in [1.54, 1.807) is 42.1 Å². The van der Waals surface area contributed by atoms with Gasteiger partial charge in [0.1, 0.15) is 0 Å². The molecule has 0 heterocycles. The largest absolute Gasteiger partial charge is 0.772 e. The van der Waals surface area contributed by atoms with Crippen molar-refractivity contribution in [1.82, 2.24) is 0 Å². The lowest BCUT2D eigenvalue weighted by Gasteiger charge is -2.10. The first-order valence-corrected chi connectivity index (χ1v) is 12.5. The van der Waals surface area contributed by atoms with Crippen LogP contribution in [0.1, 0.15) is 22.3 Å². The maximum absolute atomic E-state index is 12.2. The topological polar surface area (TPSA) is 75.7 Å². The zero-order valence-electron chi connectivity index (χ0n) is 13.8. The van der Waals surface area contributed by atoms with Crippen LogP contribution in [-0.4, -0.2) is 8.76 Å². The minimum Gasteiger partial charge on any atom is -0.772 e. The SMILES string of the molecule is O=S([O-])Cc1ccc(CSCc2ccc(CP(=O)(OF)OF)c(Br)c2)cc1. The molecule has 148 valence electrons. The van der Waals surface area contributed by atoms with Crippen LogP contribution in [0.3, 0.4) is 0 Å². The van der Waals surface area contributed by atoms with Crippen LogP contribution < -0.4 is 0 Å². The fourth-order valence-electron chi connectivity index (χ4n) is 2.23. The molecule has 0 amide bonds. The first kappa shape index (κ1) is 22.7. The first-order chi connectivity index (χ1) is 12.8. The maximum Gasteiger partial charge on any atom is 0.399 e. The predicted molar refractivity (Wildman–Crippen MR) is 104 cm³/mol. The Bertz CT molecular complexity index is 830. The van der Waals surface area contributed by atoms with E-state index in [-0.39, 0.29) is 5.75 Å². The Labute approximate surface area is 170 Å². The van der Waals surface area contributed by atoms with Crippen molar-refractivity contribution in [2.24, 2.45) is 0 Å². The molecule has 5 nitrogen and oxygen atoms in total. The third-order valence-electron chi connectivity index (χ3n) is 3.54. The van der Waals surface area contributed by atoms with Crippen molar-refractivity contribution in [2.75, 3.05) is 0 Å². The molecular formula is C16H15BrF2O5PS2-. The molecule has 0 aromatic heterocycles. The quantitative estimate of drug-likeness (QED) is 0.305. The zero-order valence-corrected chi connectivity index (χ0v) is 17.9. The van der Waals surface area contributed by atoms with Gasteiger partial charge in [-0.25, -0.2) is 0 Å². The predicted octanol–water partition coefficient (Wildman–Crippen LogP) is 5.76. The number of rotatable bonds is 10. The minimum atomic E-state index is -4.43. The van der Waals surface area contributed by atoms with Crippen LogP contribution in [0.15, 0.2) is 46.9 Å². The Morgan fingerprint density at radius 3 is 2.15 bits per heavy atom. The van der Waals surface area contributed by atoms with Gasteiger partial charge in [0.15, 0.2) is 0 Å². The van der Waals surface area contributed by atoms with E-state index in [1.807, 2.05) is 12.1 Å². The van der Waals surface area contributed by atoms with E-state index in [4.69, 9.17) is 0 Å². The molecule has 0 radical (unpaired) electrons. The second-order valence-electron chi connectivity index (χ2n) is 5.59. The average molecular weight is 500 g/mol. The normalized spacial score (nSPS) is 12.9. The van der Waals surface area contributed by atoms with E-state index in [0.29, 0.717) is 15.8 Å². The van der Waals surface area contributed by atoms with E-state index in [2.05, 4.69) is 25.4 Å². The summed E-state index contributed by atoms with van der Waals surface area (Å²) in [6.45, 7) is 0. The van der Waals surface area contributed by atoms with Crippen molar-refractivity contribution in [2.45, 2.75) is 23.4 Å². The Kier molecular flexibility index (Phi) is 9.07. The van der Waals surface area contributed by atoms with Gasteiger partial charge in [-0.1, -0.05) is 63.4 Å². The van der Waals surface area contributed by atoms with E-state index >= 15 is 0 Å². The van der Waals surface area contributed by atoms with Crippen molar-refractivity contribution >= 4 is 46.4 Å². The number of benzene rings is 2. The second kappa shape index (κ2) is 10.8. The summed E-state index contributed by atoms with van der Waals surface area (Å²) in [6, 6.07) is 12.5. The molecule has 0 aliphatic carbocycles. The molecule has 1 atom stereocenters. The number of halogens is 3. The summed E-state index contributed by atoms with van der Waals surface area (Å²) in [7, 11) is -4.43. The standard InChI is InChI=1S/C16H16BrF2O5PS2/c17-16-7-14(5-6-15(16)8-25(20,23-18)24-19)10-26-9-12-1-3-13(4-2-12)11-27(21)22/h1-7H,8-11H2,(H,21,22)/p-1. The lowest BCUT2D eigenvalue weighted by molar-refractivity contribution is -0.0881. The van der Waals surface area contributed by atoms with Crippen molar-refractivity contribution in [1.29, 1.82) is 0 Å². The van der Waals surface area contributed by atoms with Gasteiger partial charge in [0.05, 0.1) is 6.16 Å². The monoisotopic (exact) mass is 499 g/mol. The molecule has 11 heteroatoms. The summed E-state index contributed by atoms with van der Waals surface area (Å²) in [4.78, 5) is 0. The summed E-state index contributed by atoms with van der Waals surface area (Å²) >= 11 is 2.83. The highest BCUT2D eigenvalue weighted by Gasteiger charge is 2.29. The van der Waals surface area contributed by atoms with Crippen molar-refractivity contribution in [3.8, 4) is 0 Å². The van der Waals surface area contributed by atoms with Gasteiger partial charge in [-0.15, -0.1) is 9.46 Å². The molecule has 0 fully saturated rings. The number of hydrogen-bond acceptors (Lipinski definition) is 6. The molecule has 2 aromatic rings. The van der Waals surface area contributed by atoms with Gasteiger partial charge in [0, 0.05) is 21.7 Å². The molecule has 0 saturated carbocycles. The van der Waals surface area contributed by atoms with E-state index in [1.165, 1.54) is 0 Å². The molecule has 1 unspecified atom stereocenters. The molecule has 0 aliphatic rings. The van der Waals surface area contributed by atoms with E-state index in [0.717, 1.165) is 22.4 Å². The lowest BCUT2D eigenvalue weighted by atomic mass is 10.2. The van der Waals surface area contributed by atoms with Crippen LogP contribution >= 0.6 is 35.3 Å².